The van der Waals surface area contributed by atoms with Crippen LogP contribution in [0, 0.1) is 6.92 Å². The molecule has 5 nitrogen and oxygen atoms in total. The van der Waals surface area contributed by atoms with Crippen LogP contribution in [0.1, 0.15) is 36.7 Å². The summed E-state index contributed by atoms with van der Waals surface area (Å²) in [7, 11) is 0. The van der Waals surface area contributed by atoms with E-state index in [0.29, 0.717) is 5.92 Å². The van der Waals surface area contributed by atoms with Gasteiger partial charge in [-0.15, -0.1) is 11.8 Å². The van der Waals surface area contributed by atoms with Crippen molar-refractivity contribution in [2.45, 2.75) is 26.7 Å². The van der Waals surface area contributed by atoms with Crippen LogP contribution in [-0.4, -0.2) is 20.2 Å². The molecule has 0 aliphatic carbocycles. The Morgan fingerprint density at radius 2 is 1.92 bits per heavy atom. The first-order valence-electron chi connectivity index (χ1n) is 8.14. The van der Waals surface area contributed by atoms with Crippen LogP contribution in [0.3, 0.4) is 0 Å². The molecule has 1 aromatic carbocycles. The summed E-state index contributed by atoms with van der Waals surface area (Å²) in [4.78, 5) is 11.3. The Kier molecular flexibility index (Phi) is 4.83. The summed E-state index contributed by atoms with van der Waals surface area (Å²) in [6.45, 7) is 6.50. The van der Waals surface area contributed by atoms with E-state index < -0.39 is 0 Å². The van der Waals surface area contributed by atoms with Gasteiger partial charge in [0.25, 0.3) is 0 Å². The molecule has 6 heteroatoms. The fraction of sp³-hybridized carbons (Fsp3) is 0.263. The van der Waals surface area contributed by atoms with Gasteiger partial charge in [0.2, 0.25) is 5.78 Å². The van der Waals surface area contributed by atoms with E-state index in [9.17, 15) is 0 Å². The van der Waals surface area contributed by atoms with E-state index in [1.165, 1.54) is 16.9 Å². The highest BCUT2D eigenvalue weighted by atomic mass is 32.2. The monoisotopic (exact) mass is 353 g/mol. The molecule has 0 atom stereocenters. The number of imidazole rings is 1. The molecule has 3 heterocycles. The minimum atomic E-state index is 0. The molecule has 4 rings (SSSR count). The molecule has 2 aromatic heterocycles. The van der Waals surface area contributed by atoms with Gasteiger partial charge in [-0.1, -0.05) is 26.0 Å². The molecule has 0 spiro atoms. The minimum absolute atomic E-state index is 0. The predicted molar refractivity (Wildman–Crippen MR) is 106 cm³/mol. The van der Waals surface area contributed by atoms with Gasteiger partial charge in [-0.2, -0.15) is 0 Å². The van der Waals surface area contributed by atoms with E-state index in [-0.39, 0.29) is 6.15 Å². The highest BCUT2D eigenvalue weighted by molar-refractivity contribution is 8.02. The third-order valence-corrected chi connectivity index (χ3v) is 5.18. The van der Waals surface area contributed by atoms with Gasteiger partial charge >= 0.3 is 0 Å². The zero-order valence-electron chi connectivity index (χ0n) is 14.8. The average molecular weight is 353 g/mol. The molecule has 1 aliphatic heterocycles. The van der Waals surface area contributed by atoms with Gasteiger partial charge in [0.05, 0.1) is 23.0 Å². The molecule has 3 N–H and O–H groups in total. The quantitative estimate of drug-likeness (QED) is 0.730. The Bertz CT molecular complexity index is 911. The number of rotatable bonds is 3. The van der Waals surface area contributed by atoms with E-state index in [4.69, 9.17) is 0 Å². The lowest BCUT2D eigenvalue weighted by Gasteiger charge is -2.22. The van der Waals surface area contributed by atoms with Crippen LogP contribution in [0.4, 0.5) is 5.69 Å². The average Bonchev–Trinajstić information content (AvgIpc) is 3.17. The lowest BCUT2D eigenvalue weighted by molar-refractivity contribution is 0.866. The summed E-state index contributed by atoms with van der Waals surface area (Å²) in [5.74, 6) is 2.22. The van der Waals surface area contributed by atoms with Crippen LogP contribution in [-0.2, 0) is 0 Å². The third kappa shape index (κ3) is 3.03. The molecule has 1 aliphatic rings. The van der Waals surface area contributed by atoms with Crippen molar-refractivity contribution in [2.75, 3.05) is 10.8 Å². The molecular formula is C19H23N5S. The molecule has 0 amide bonds. The highest BCUT2D eigenvalue weighted by Crippen LogP contribution is 2.37. The van der Waals surface area contributed by atoms with Crippen LogP contribution in [0.5, 0.6) is 0 Å². The first-order valence-corrected chi connectivity index (χ1v) is 9.19. The summed E-state index contributed by atoms with van der Waals surface area (Å²) in [5.41, 5.74) is 5.90. The van der Waals surface area contributed by atoms with E-state index >= 15 is 0 Å². The lowest BCUT2D eigenvalue weighted by atomic mass is 10.0. The topological polar surface area (TPSA) is 68.4 Å². The molecule has 25 heavy (non-hydrogen) atoms. The first-order chi connectivity index (χ1) is 11.6. The van der Waals surface area contributed by atoms with Gasteiger partial charge in [0.1, 0.15) is 0 Å². The van der Waals surface area contributed by atoms with Crippen LogP contribution < -0.4 is 11.1 Å². The number of aryl methyl sites for hydroxylation is 1. The van der Waals surface area contributed by atoms with Crippen molar-refractivity contribution >= 4 is 28.9 Å². The number of thioether (sulfide) groups is 1. The van der Waals surface area contributed by atoms with E-state index in [0.717, 1.165) is 23.0 Å². The van der Waals surface area contributed by atoms with Gasteiger partial charge in [0, 0.05) is 18.1 Å². The Labute approximate surface area is 152 Å². The van der Waals surface area contributed by atoms with Crippen LogP contribution >= 0.6 is 11.8 Å². The van der Waals surface area contributed by atoms with Crippen LogP contribution in [0.2, 0.25) is 0 Å². The van der Waals surface area contributed by atoms with Crippen LogP contribution in [0.15, 0.2) is 48.1 Å². The summed E-state index contributed by atoms with van der Waals surface area (Å²) in [5, 5.41) is 2.22. The second kappa shape index (κ2) is 6.90. The van der Waals surface area contributed by atoms with Crippen molar-refractivity contribution in [3.8, 4) is 0 Å². The molecule has 130 valence electrons. The molecule has 0 saturated heterocycles. The number of hydrogen-bond acceptors (Lipinski definition) is 5. The fourth-order valence-corrected chi connectivity index (χ4v) is 3.98. The maximum absolute atomic E-state index is 4.60. The Balaban J connectivity index is 0.00000182. The molecule has 0 saturated carbocycles. The van der Waals surface area contributed by atoms with Crippen molar-refractivity contribution in [2.24, 2.45) is 0 Å². The summed E-state index contributed by atoms with van der Waals surface area (Å²) in [6, 6.07) is 10.8. The SMILES string of the molecule is Cc1nc2ncccn2c1C1=CSCN1c1ccc(C(C)C)cc1.N. The smallest absolute Gasteiger partial charge is 0.234 e. The minimum Gasteiger partial charge on any atom is -0.344 e. The van der Waals surface area contributed by atoms with Gasteiger partial charge in [0.15, 0.2) is 0 Å². The van der Waals surface area contributed by atoms with Gasteiger partial charge in [-0.05, 0) is 42.0 Å². The molecule has 0 fully saturated rings. The zero-order chi connectivity index (χ0) is 16.7. The maximum atomic E-state index is 4.60. The van der Waals surface area contributed by atoms with Crippen molar-refractivity contribution in [1.29, 1.82) is 0 Å². The summed E-state index contributed by atoms with van der Waals surface area (Å²) < 4.78 is 2.07. The first kappa shape index (κ1) is 17.5. The fourth-order valence-electron chi connectivity index (χ4n) is 3.07. The molecule has 0 bridgehead atoms. The second-order valence-electron chi connectivity index (χ2n) is 6.31. The molecule has 3 aromatic rings. The highest BCUT2D eigenvalue weighted by Gasteiger charge is 2.24. The number of fused-ring (bicyclic) bond motifs is 1. The third-order valence-electron chi connectivity index (χ3n) is 4.38. The zero-order valence-corrected chi connectivity index (χ0v) is 15.6. The molecule has 0 radical (unpaired) electrons. The summed E-state index contributed by atoms with van der Waals surface area (Å²) in [6.07, 6.45) is 3.81. The molecular weight excluding hydrogens is 330 g/mol. The van der Waals surface area contributed by atoms with Crippen molar-refractivity contribution < 1.29 is 0 Å². The Hall–Kier alpha value is -2.31. The molecule has 0 unspecified atom stereocenters. The standard InChI is InChI=1S/C19H20N4S.H3N/c1-13(2)15-5-7-16(8-6-15)23-12-24-11-17(23)18-14(3)21-19-20-9-4-10-22(18)19;/h4-11,13H,12H2,1-3H3;1H3. The number of hydrogen-bond donors (Lipinski definition) is 1. The van der Waals surface area contributed by atoms with Crippen molar-refractivity contribution in [1.82, 2.24) is 20.5 Å². The van der Waals surface area contributed by atoms with Crippen molar-refractivity contribution in [3.63, 3.8) is 0 Å². The van der Waals surface area contributed by atoms with E-state index in [1.54, 1.807) is 6.20 Å². The second-order valence-corrected chi connectivity index (χ2v) is 7.14. The predicted octanol–water partition coefficient (Wildman–Crippen LogP) is 4.83. The maximum Gasteiger partial charge on any atom is 0.234 e. The summed E-state index contributed by atoms with van der Waals surface area (Å²) >= 11 is 1.81. The van der Waals surface area contributed by atoms with Gasteiger partial charge in [-0.25, -0.2) is 9.97 Å². The normalized spacial score (nSPS) is 14.1. The Morgan fingerprint density at radius 1 is 1.16 bits per heavy atom. The van der Waals surface area contributed by atoms with Gasteiger partial charge in [-0.3, -0.25) is 4.40 Å². The van der Waals surface area contributed by atoms with E-state index in [2.05, 4.69) is 62.8 Å². The number of nitrogens with zero attached hydrogens (tertiary/aromatic N) is 4. The number of anilines is 1. The van der Waals surface area contributed by atoms with Crippen LogP contribution in [0.25, 0.3) is 11.5 Å². The number of aromatic nitrogens is 3. The van der Waals surface area contributed by atoms with Crippen molar-refractivity contribution in [3.05, 3.63) is 65.1 Å². The van der Waals surface area contributed by atoms with Gasteiger partial charge < -0.3 is 11.1 Å². The number of benzene rings is 1. The lowest BCUT2D eigenvalue weighted by Crippen LogP contribution is -2.18. The largest absolute Gasteiger partial charge is 0.344 e. The Morgan fingerprint density at radius 3 is 2.64 bits per heavy atom. The van der Waals surface area contributed by atoms with E-state index in [1.807, 2.05) is 30.9 Å².